The zero-order chi connectivity index (χ0) is 12.2. The van der Waals surface area contributed by atoms with E-state index in [-0.39, 0.29) is 5.91 Å². The average molecular weight is 237 g/mol. The fourth-order valence-corrected chi connectivity index (χ4v) is 1.76. The molecule has 1 amide bonds. The van der Waals surface area contributed by atoms with Crippen LogP contribution in [0.1, 0.15) is 42.6 Å². The zero-order valence-electron chi connectivity index (χ0n) is 9.70. The number of nitrogens with zero attached hydrogens (tertiary/aromatic N) is 2. The van der Waals surface area contributed by atoms with Crippen LogP contribution in [0.4, 0.5) is 0 Å². The summed E-state index contributed by atoms with van der Waals surface area (Å²) in [7, 11) is 0. The number of nitrogens with one attached hydrogen (secondary N) is 1. The monoisotopic (exact) mass is 237 g/mol. The highest BCUT2D eigenvalue weighted by molar-refractivity contribution is 7.08. The molecule has 0 aliphatic carbocycles. The van der Waals surface area contributed by atoms with E-state index in [2.05, 4.69) is 20.8 Å². The molecule has 1 rings (SSSR count). The van der Waals surface area contributed by atoms with Crippen molar-refractivity contribution in [1.82, 2.24) is 14.9 Å². The lowest BCUT2D eigenvalue weighted by Gasteiger charge is -2.18. The van der Waals surface area contributed by atoms with E-state index in [1.165, 1.54) is 0 Å². The molecule has 0 unspecified atom stereocenters. The summed E-state index contributed by atoms with van der Waals surface area (Å²) in [6.45, 7) is 5.59. The van der Waals surface area contributed by atoms with Crippen LogP contribution < -0.4 is 5.32 Å². The second-order valence-electron chi connectivity index (χ2n) is 4.02. The predicted octanol–water partition coefficient (Wildman–Crippen LogP) is 1.63. The molecule has 86 valence electrons. The quantitative estimate of drug-likeness (QED) is 0.810. The maximum atomic E-state index is 11.9. The zero-order valence-corrected chi connectivity index (χ0v) is 10.5. The van der Waals surface area contributed by atoms with E-state index in [0.717, 1.165) is 30.1 Å². The molecule has 0 aliphatic heterocycles. The number of rotatable bonds is 4. The molecule has 0 atom stereocenters. The van der Waals surface area contributed by atoms with Crippen LogP contribution in [0.25, 0.3) is 0 Å². The molecular weight excluding hydrogens is 222 g/mol. The largest absolute Gasteiger partial charge is 0.335 e. The minimum absolute atomic E-state index is 0.193. The van der Waals surface area contributed by atoms with Gasteiger partial charge in [0.15, 0.2) is 0 Å². The number of amides is 1. The highest BCUT2D eigenvalue weighted by Crippen LogP contribution is 2.13. The van der Waals surface area contributed by atoms with E-state index in [9.17, 15) is 4.79 Å². The molecule has 0 bridgehead atoms. The average Bonchev–Trinajstić information content (AvgIpc) is 2.66. The first-order valence-corrected chi connectivity index (χ1v) is 5.89. The molecule has 0 fully saturated rings. The van der Waals surface area contributed by atoms with Crippen LogP contribution in [0.5, 0.6) is 0 Å². The van der Waals surface area contributed by atoms with E-state index in [1.54, 1.807) is 13.8 Å². The van der Waals surface area contributed by atoms with E-state index < -0.39 is 5.54 Å². The molecule has 16 heavy (non-hydrogen) atoms. The van der Waals surface area contributed by atoms with Gasteiger partial charge in [0, 0.05) is 0 Å². The Hall–Kier alpha value is -1.41. The minimum Gasteiger partial charge on any atom is -0.335 e. The topological polar surface area (TPSA) is 54.9 Å². The number of hydrogen-bond acceptors (Lipinski definition) is 4. The van der Waals surface area contributed by atoms with Crippen LogP contribution in [0.3, 0.4) is 0 Å². The third-order valence-corrected chi connectivity index (χ3v) is 2.80. The van der Waals surface area contributed by atoms with Crippen molar-refractivity contribution in [2.75, 3.05) is 0 Å². The second-order valence-corrected chi connectivity index (χ2v) is 4.78. The SMILES string of the molecule is C#CC(C)(C)NC(=O)c1snnc1CCC. The molecule has 0 saturated carbocycles. The second kappa shape index (κ2) is 5.08. The standard InChI is InChI=1S/C11H15N3OS/c1-5-7-8-9(16-14-13-8)10(15)12-11(3,4)6-2/h2H,5,7H2,1,3-4H3,(H,12,15). The summed E-state index contributed by atoms with van der Waals surface area (Å²) in [5.41, 5.74) is 0.0997. The van der Waals surface area contributed by atoms with Crippen molar-refractivity contribution in [1.29, 1.82) is 0 Å². The molecule has 1 aromatic heterocycles. The van der Waals surface area contributed by atoms with Crippen molar-refractivity contribution in [2.45, 2.75) is 39.2 Å². The van der Waals surface area contributed by atoms with Crippen LogP contribution in [0, 0.1) is 12.3 Å². The van der Waals surface area contributed by atoms with E-state index >= 15 is 0 Å². The van der Waals surface area contributed by atoms with Crippen molar-refractivity contribution in [3.63, 3.8) is 0 Å². The highest BCUT2D eigenvalue weighted by Gasteiger charge is 2.22. The van der Waals surface area contributed by atoms with E-state index in [4.69, 9.17) is 6.42 Å². The summed E-state index contributed by atoms with van der Waals surface area (Å²) >= 11 is 1.11. The molecule has 4 nitrogen and oxygen atoms in total. The number of carbonyl (C=O) groups excluding carboxylic acids is 1. The third kappa shape index (κ3) is 3.04. The van der Waals surface area contributed by atoms with Gasteiger partial charge in [-0.15, -0.1) is 11.5 Å². The lowest BCUT2D eigenvalue weighted by Crippen LogP contribution is -2.42. The Morgan fingerprint density at radius 2 is 2.31 bits per heavy atom. The molecule has 0 radical (unpaired) electrons. The minimum atomic E-state index is -0.648. The Morgan fingerprint density at radius 1 is 1.62 bits per heavy atom. The van der Waals surface area contributed by atoms with Gasteiger partial charge in [0.25, 0.3) is 5.91 Å². The number of aryl methyl sites for hydroxylation is 1. The number of hydrogen-bond donors (Lipinski definition) is 1. The predicted molar refractivity (Wildman–Crippen MR) is 64.3 cm³/mol. The van der Waals surface area contributed by atoms with Gasteiger partial charge in [-0.1, -0.05) is 23.8 Å². The molecule has 1 heterocycles. The summed E-state index contributed by atoms with van der Waals surface area (Å²) in [6.07, 6.45) is 7.01. The highest BCUT2D eigenvalue weighted by atomic mass is 32.1. The summed E-state index contributed by atoms with van der Waals surface area (Å²) < 4.78 is 3.80. The first-order chi connectivity index (χ1) is 7.50. The summed E-state index contributed by atoms with van der Waals surface area (Å²) in [5.74, 6) is 2.32. The summed E-state index contributed by atoms with van der Waals surface area (Å²) in [6, 6.07) is 0. The van der Waals surface area contributed by atoms with Crippen molar-refractivity contribution in [2.24, 2.45) is 0 Å². The van der Waals surface area contributed by atoms with Crippen molar-refractivity contribution < 1.29 is 4.79 Å². The molecular formula is C11H15N3OS. The Morgan fingerprint density at radius 3 is 2.88 bits per heavy atom. The first-order valence-electron chi connectivity index (χ1n) is 5.11. The number of terminal acetylenes is 1. The maximum Gasteiger partial charge on any atom is 0.266 e. The maximum absolute atomic E-state index is 11.9. The van der Waals surface area contributed by atoms with Gasteiger partial charge in [0.1, 0.15) is 4.88 Å². The molecule has 0 spiro atoms. The van der Waals surface area contributed by atoms with Gasteiger partial charge in [-0.25, -0.2) is 0 Å². The summed E-state index contributed by atoms with van der Waals surface area (Å²) in [4.78, 5) is 12.5. The molecule has 1 aromatic rings. The third-order valence-electron chi connectivity index (χ3n) is 2.04. The van der Waals surface area contributed by atoms with Crippen molar-refractivity contribution >= 4 is 17.4 Å². The normalized spacial score (nSPS) is 10.9. The fraction of sp³-hybridized carbons (Fsp3) is 0.545. The molecule has 1 N–H and O–H groups in total. The van der Waals surface area contributed by atoms with Gasteiger partial charge in [0.2, 0.25) is 0 Å². The summed E-state index contributed by atoms with van der Waals surface area (Å²) in [5, 5.41) is 6.70. The van der Waals surface area contributed by atoms with Gasteiger partial charge in [-0.2, -0.15) is 0 Å². The van der Waals surface area contributed by atoms with Gasteiger partial charge in [0.05, 0.1) is 11.2 Å². The van der Waals surface area contributed by atoms with Crippen LogP contribution in [-0.2, 0) is 6.42 Å². The van der Waals surface area contributed by atoms with Gasteiger partial charge < -0.3 is 5.32 Å². The smallest absolute Gasteiger partial charge is 0.266 e. The lowest BCUT2D eigenvalue weighted by molar-refractivity contribution is 0.0933. The van der Waals surface area contributed by atoms with Crippen LogP contribution in [0.15, 0.2) is 0 Å². The Balaban J connectivity index is 2.81. The molecule has 5 heteroatoms. The van der Waals surface area contributed by atoms with Gasteiger partial charge >= 0.3 is 0 Å². The molecule has 0 saturated heterocycles. The van der Waals surface area contributed by atoms with Gasteiger partial charge in [-0.3, -0.25) is 4.79 Å². The number of aromatic nitrogens is 2. The Bertz CT molecular complexity index is 417. The Labute approximate surface area is 99.6 Å². The number of carbonyl (C=O) groups is 1. The van der Waals surface area contributed by atoms with E-state index in [0.29, 0.717) is 4.88 Å². The Kier molecular flexibility index (Phi) is 4.02. The van der Waals surface area contributed by atoms with Crippen molar-refractivity contribution in [3.05, 3.63) is 10.6 Å². The molecule has 0 aromatic carbocycles. The van der Waals surface area contributed by atoms with Crippen molar-refractivity contribution in [3.8, 4) is 12.3 Å². The van der Waals surface area contributed by atoms with Crippen LogP contribution in [0.2, 0.25) is 0 Å². The first kappa shape index (κ1) is 12.7. The van der Waals surface area contributed by atoms with E-state index in [1.807, 2.05) is 6.92 Å². The molecule has 0 aliphatic rings. The van der Waals surface area contributed by atoms with Gasteiger partial charge in [-0.05, 0) is 31.8 Å². The van der Waals surface area contributed by atoms with Crippen LogP contribution in [-0.4, -0.2) is 21.0 Å². The van der Waals surface area contributed by atoms with Crippen LogP contribution >= 0.6 is 11.5 Å². The lowest BCUT2D eigenvalue weighted by atomic mass is 10.1. The fourth-order valence-electron chi connectivity index (χ4n) is 1.16.